The van der Waals surface area contributed by atoms with Crippen LogP contribution in [0.1, 0.15) is 25.7 Å². The Balaban J connectivity index is 2.17. The van der Waals surface area contributed by atoms with Crippen LogP contribution in [0.3, 0.4) is 0 Å². The number of aromatic nitrogens is 1. The van der Waals surface area contributed by atoms with Crippen LogP contribution in [0.25, 0.3) is 0 Å². The highest BCUT2D eigenvalue weighted by molar-refractivity contribution is 6.32. The van der Waals surface area contributed by atoms with Crippen molar-refractivity contribution in [1.82, 2.24) is 4.98 Å². The highest BCUT2D eigenvalue weighted by atomic mass is 35.5. The summed E-state index contributed by atoms with van der Waals surface area (Å²) in [6.07, 6.45) is 5.32. The van der Waals surface area contributed by atoms with Crippen LogP contribution in [0, 0.1) is 0 Å². The predicted molar refractivity (Wildman–Crippen MR) is 70.9 cm³/mol. The van der Waals surface area contributed by atoms with E-state index in [0.29, 0.717) is 11.4 Å². The Hall–Kier alpha value is -1.29. The lowest BCUT2D eigenvalue weighted by Gasteiger charge is -2.36. The van der Waals surface area contributed by atoms with Crippen LogP contribution in [0.15, 0.2) is 18.3 Å². The van der Waals surface area contributed by atoms with E-state index >= 15 is 0 Å². The number of hydrogen-bond acceptors (Lipinski definition) is 4. The Morgan fingerprint density at radius 2 is 2.44 bits per heavy atom. The van der Waals surface area contributed by atoms with E-state index in [2.05, 4.69) is 9.88 Å². The zero-order valence-corrected chi connectivity index (χ0v) is 11.2. The van der Waals surface area contributed by atoms with Gasteiger partial charge in [-0.1, -0.05) is 11.6 Å². The van der Waals surface area contributed by atoms with E-state index < -0.39 is 0 Å². The van der Waals surface area contributed by atoms with Crippen molar-refractivity contribution in [1.29, 1.82) is 0 Å². The van der Waals surface area contributed by atoms with Crippen LogP contribution < -0.4 is 4.90 Å². The minimum Gasteiger partial charge on any atom is -0.469 e. The molecule has 0 saturated carbocycles. The minimum absolute atomic E-state index is 0.138. The van der Waals surface area contributed by atoms with E-state index in [1.54, 1.807) is 6.20 Å². The van der Waals surface area contributed by atoms with Gasteiger partial charge in [0.25, 0.3) is 0 Å². The molecule has 1 aromatic rings. The third kappa shape index (κ3) is 2.93. The van der Waals surface area contributed by atoms with Crippen LogP contribution >= 0.6 is 11.6 Å². The molecule has 1 aliphatic rings. The van der Waals surface area contributed by atoms with Crippen molar-refractivity contribution in [3.05, 3.63) is 23.4 Å². The number of nitrogens with zero attached hydrogens (tertiary/aromatic N) is 2. The van der Waals surface area contributed by atoms with Crippen molar-refractivity contribution in [2.45, 2.75) is 31.7 Å². The summed E-state index contributed by atoms with van der Waals surface area (Å²) in [7, 11) is 1.42. The van der Waals surface area contributed by atoms with Gasteiger partial charge in [0.1, 0.15) is 5.82 Å². The number of esters is 1. The molecule has 0 aromatic carbocycles. The van der Waals surface area contributed by atoms with Gasteiger partial charge in [-0.2, -0.15) is 0 Å². The van der Waals surface area contributed by atoms with Gasteiger partial charge in [0.15, 0.2) is 0 Å². The second kappa shape index (κ2) is 6.05. The second-order valence-electron chi connectivity index (χ2n) is 4.43. The van der Waals surface area contributed by atoms with Crippen LogP contribution in [-0.2, 0) is 9.53 Å². The monoisotopic (exact) mass is 268 g/mol. The van der Waals surface area contributed by atoms with E-state index in [9.17, 15) is 4.79 Å². The van der Waals surface area contributed by atoms with E-state index in [0.717, 1.165) is 31.6 Å². The summed E-state index contributed by atoms with van der Waals surface area (Å²) >= 11 is 6.17. The molecule has 2 heterocycles. The van der Waals surface area contributed by atoms with E-state index in [-0.39, 0.29) is 12.0 Å². The molecule has 0 spiro atoms. The number of hydrogen-bond donors (Lipinski definition) is 0. The molecule has 2 rings (SSSR count). The molecule has 1 aliphatic heterocycles. The molecule has 0 bridgehead atoms. The Bertz CT molecular complexity index is 425. The number of ether oxygens (including phenoxy) is 1. The van der Waals surface area contributed by atoms with Crippen LogP contribution in [0.2, 0.25) is 5.02 Å². The molecular weight excluding hydrogens is 252 g/mol. The first-order valence-electron chi connectivity index (χ1n) is 6.16. The molecule has 1 saturated heterocycles. The molecular formula is C13H17ClN2O2. The number of rotatable bonds is 3. The van der Waals surface area contributed by atoms with Gasteiger partial charge in [0.05, 0.1) is 18.6 Å². The van der Waals surface area contributed by atoms with E-state index in [4.69, 9.17) is 16.3 Å². The number of carbonyl (C=O) groups is 1. The van der Waals surface area contributed by atoms with Crippen molar-refractivity contribution in [3.8, 4) is 0 Å². The lowest BCUT2D eigenvalue weighted by molar-refractivity contribution is -0.141. The Labute approximate surface area is 112 Å². The van der Waals surface area contributed by atoms with Gasteiger partial charge in [0, 0.05) is 18.8 Å². The summed E-state index contributed by atoms with van der Waals surface area (Å²) in [6.45, 7) is 0.887. The zero-order chi connectivity index (χ0) is 13.0. The van der Waals surface area contributed by atoms with Gasteiger partial charge >= 0.3 is 5.97 Å². The zero-order valence-electron chi connectivity index (χ0n) is 10.4. The minimum atomic E-state index is -0.182. The highest BCUT2D eigenvalue weighted by Gasteiger charge is 2.27. The molecule has 18 heavy (non-hydrogen) atoms. The van der Waals surface area contributed by atoms with Crippen molar-refractivity contribution in [2.24, 2.45) is 0 Å². The normalized spacial score (nSPS) is 19.7. The van der Waals surface area contributed by atoms with Crippen LogP contribution in [-0.4, -0.2) is 30.6 Å². The van der Waals surface area contributed by atoms with Gasteiger partial charge in [0.2, 0.25) is 0 Å². The summed E-state index contributed by atoms with van der Waals surface area (Å²) in [5.41, 5.74) is 0. The molecule has 5 heteroatoms. The molecule has 0 amide bonds. The smallest absolute Gasteiger partial charge is 0.307 e. The quantitative estimate of drug-likeness (QED) is 0.791. The van der Waals surface area contributed by atoms with Crippen molar-refractivity contribution in [3.63, 3.8) is 0 Å². The largest absolute Gasteiger partial charge is 0.469 e. The number of carbonyl (C=O) groups excluding carboxylic acids is 1. The fraction of sp³-hybridized carbons (Fsp3) is 0.538. The molecule has 1 unspecified atom stereocenters. The standard InChI is InChI=1S/C13H17ClN2O2/c1-18-12(17)9-10-5-2-3-8-16(10)13-11(14)6-4-7-15-13/h4,6-7,10H,2-3,5,8-9H2,1H3. The predicted octanol–water partition coefficient (Wildman–Crippen LogP) is 2.66. The number of methoxy groups -OCH3 is 1. The number of pyridine rings is 1. The van der Waals surface area contributed by atoms with Gasteiger partial charge in [-0.15, -0.1) is 0 Å². The summed E-state index contributed by atoms with van der Waals surface area (Å²) < 4.78 is 4.75. The fourth-order valence-corrected chi connectivity index (χ4v) is 2.59. The third-order valence-electron chi connectivity index (χ3n) is 3.27. The first kappa shape index (κ1) is 13.1. The van der Waals surface area contributed by atoms with Crippen molar-refractivity contribution in [2.75, 3.05) is 18.6 Å². The molecule has 0 radical (unpaired) electrons. The SMILES string of the molecule is COC(=O)CC1CCCCN1c1ncccc1Cl. The third-order valence-corrected chi connectivity index (χ3v) is 3.56. The van der Waals surface area contributed by atoms with Gasteiger partial charge in [-0.25, -0.2) is 4.98 Å². The lowest BCUT2D eigenvalue weighted by atomic mass is 9.99. The van der Waals surface area contributed by atoms with Crippen LogP contribution in [0.5, 0.6) is 0 Å². The van der Waals surface area contributed by atoms with Gasteiger partial charge in [-0.3, -0.25) is 4.79 Å². The van der Waals surface area contributed by atoms with Crippen LogP contribution in [0.4, 0.5) is 5.82 Å². The molecule has 4 nitrogen and oxygen atoms in total. The Morgan fingerprint density at radius 1 is 1.61 bits per heavy atom. The molecule has 1 fully saturated rings. The second-order valence-corrected chi connectivity index (χ2v) is 4.84. The first-order valence-corrected chi connectivity index (χ1v) is 6.54. The Kier molecular flexibility index (Phi) is 4.42. The van der Waals surface area contributed by atoms with Crippen molar-refractivity contribution >= 4 is 23.4 Å². The van der Waals surface area contributed by atoms with E-state index in [1.807, 2.05) is 12.1 Å². The summed E-state index contributed by atoms with van der Waals surface area (Å²) in [4.78, 5) is 17.9. The molecule has 0 aliphatic carbocycles. The van der Waals surface area contributed by atoms with Gasteiger partial charge in [-0.05, 0) is 31.4 Å². The summed E-state index contributed by atoms with van der Waals surface area (Å²) in [5.74, 6) is 0.590. The highest BCUT2D eigenvalue weighted by Crippen LogP contribution is 2.30. The Morgan fingerprint density at radius 3 is 3.17 bits per heavy atom. The maximum atomic E-state index is 11.4. The average molecular weight is 269 g/mol. The average Bonchev–Trinajstić information content (AvgIpc) is 2.40. The lowest BCUT2D eigenvalue weighted by Crippen LogP contribution is -2.41. The number of piperidine rings is 1. The van der Waals surface area contributed by atoms with Crippen molar-refractivity contribution < 1.29 is 9.53 Å². The molecule has 1 atom stereocenters. The summed E-state index contributed by atoms with van der Waals surface area (Å²) in [5, 5.41) is 0.634. The molecule has 0 N–H and O–H groups in total. The van der Waals surface area contributed by atoms with Gasteiger partial charge < -0.3 is 9.64 Å². The maximum absolute atomic E-state index is 11.4. The fourth-order valence-electron chi connectivity index (χ4n) is 2.36. The van der Waals surface area contributed by atoms with E-state index in [1.165, 1.54) is 7.11 Å². The summed E-state index contributed by atoms with van der Waals surface area (Å²) in [6, 6.07) is 3.78. The molecule has 98 valence electrons. The number of halogens is 1. The first-order chi connectivity index (χ1) is 8.72. The number of anilines is 1. The molecule has 1 aromatic heterocycles. The topological polar surface area (TPSA) is 42.4 Å². The maximum Gasteiger partial charge on any atom is 0.307 e.